The molecule has 0 spiro atoms. The molecule has 0 aromatic heterocycles. The zero-order valence-electron chi connectivity index (χ0n) is 7.61. The van der Waals surface area contributed by atoms with Gasteiger partial charge in [0.1, 0.15) is 0 Å². The van der Waals surface area contributed by atoms with E-state index in [2.05, 4.69) is 25.4 Å². The predicted octanol–water partition coefficient (Wildman–Crippen LogP) is 2.32. The summed E-state index contributed by atoms with van der Waals surface area (Å²) in [5.41, 5.74) is 1.10. The standard InChI is InChI=1S/C10H18N/c1-5-7-11-8-10(6-2)9(3)4/h6,11H,2-3,5,7-8H2,1,4H3/q-1. The van der Waals surface area contributed by atoms with E-state index in [4.69, 9.17) is 0 Å². The third-order valence-electron chi connectivity index (χ3n) is 1.54. The Morgan fingerprint density at radius 2 is 2.27 bits per heavy atom. The SMILES string of the molecule is C=C[C-](CNCCC)C(=C)C. The van der Waals surface area contributed by atoms with Crippen LogP contribution in [0.5, 0.6) is 0 Å². The number of hydrogen-bond donors (Lipinski definition) is 1. The van der Waals surface area contributed by atoms with Crippen LogP contribution < -0.4 is 5.32 Å². The van der Waals surface area contributed by atoms with Crippen molar-refractivity contribution < 1.29 is 0 Å². The quantitative estimate of drug-likeness (QED) is 0.455. The molecule has 1 N–H and O–H groups in total. The molecule has 0 aliphatic carbocycles. The van der Waals surface area contributed by atoms with Gasteiger partial charge in [-0.05, 0) is 19.5 Å². The first-order valence-electron chi connectivity index (χ1n) is 4.07. The molecule has 1 heteroatoms. The van der Waals surface area contributed by atoms with Gasteiger partial charge in [0.05, 0.1) is 0 Å². The Balaban J connectivity index is 3.52. The van der Waals surface area contributed by atoms with Gasteiger partial charge >= 0.3 is 0 Å². The van der Waals surface area contributed by atoms with Gasteiger partial charge in [0.15, 0.2) is 0 Å². The highest BCUT2D eigenvalue weighted by Gasteiger charge is 1.93. The van der Waals surface area contributed by atoms with Crippen LogP contribution in [0.1, 0.15) is 20.3 Å². The summed E-state index contributed by atoms with van der Waals surface area (Å²) in [6, 6.07) is 0. The van der Waals surface area contributed by atoms with Gasteiger partial charge in [0.2, 0.25) is 0 Å². The molecule has 0 saturated heterocycles. The van der Waals surface area contributed by atoms with Crippen molar-refractivity contribution in [2.75, 3.05) is 13.1 Å². The molecule has 1 nitrogen and oxygen atoms in total. The highest BCUT2D eigenvalue weighted by atomic mass is 14.8. The van der Waals surface area contributed by atoms with Crippen LogP contribution in [0.15, 0.2) is 24.8 Å². The molecule has 0 amide bonds. The molecule has 0 fully saturated rings. The maximum Gasteiger partial charge on any atom is -0.00592 e. The Morgan fingerprint density at radius 1 is 1.64 bits per heavy atom. The summed E-state index contributed by atoms with van der Waals surface area (Å²) in [6.07, 6.45) is 3.03. The normalized spacial score (nSPS) is 9.27. The summed E-state index contributed by atoms with van der Waals surface area (Å²) in [7, 11) is 0. The van der Waals surface area contributed by atoms with Crippen LogP contribution in [0.2, 0.25) is 0 Å². The molecule has 0 saturated carbocycles. The topological polar surface area (TPSA) is 12.0 Å². The third kappa shape index (κ3) is 4.68. The van der Waals surface area contributed by atoms with Gasteiger partial charge < -0.3 is 5.32 Å². The van der Waals surface area contributed by atoms with Gasteiger partial charge in [-0.1, -0.05) is 13.8 Å². The number of hydrogen-bond acceptors (Lipinski definition) is 1. The molecule has 0 aromatic rings. The Kier molecular flexibility index (Phi) is 5.67. The fraction of sp³-hybridized carbons (Fsp3) is 0.500. The van der Waals surface area contributed by atoms with Crippen LogP contribution in [0.3, 0.4) is 0 Å². The zero-order chi connectivity index (χ0) is 8.69. The van der Waals surface area contributed by atoms with Crippen molar-refractivity contribution in [2.24, 2.45) is 0 Å². The largest absolute Gasteiger partial charge is 0.324 e. The molecule has 11 heavy (non-hydrogen) atoms. The molecule has 0 heterocycles. The van der Waals surface area contributed by atoms with E-state index < -0.39 is 0 Å². The van der Waals surface area contributed by atoms with Crippen LogP contribution in [0.25, 0.3) is 0 Å². The summed E-state index contributed by atoms with van der Waals surface area (Å²) in [5, 5.41) is 3.30. The Morgan fingerprint density at radius 3 is 2.64 bits per heavy atom. The Hall–Kier alpha value is -0.690. The first kappa shape index (κ1) is 10.3. The summed E-state index contributed by atoms with van der Waals surface area (Å²) in [6.45, 7) is 13.7. The van der Waals surface area contributed by atoms with E-state index in [1.807, 2.05) is 13.0 Å². The maximum atomic E-state index is 3.86. The summed E-state index contributed by atoms with van der Waals surface area (Å²) in [4.78, 5) is 0. The molecule has 0 atom stereocenters. The molecule has 0 aliphatic rings. The predicted molar refractivity (Wildman–Crippen MR) is 51.4 cm³/mol. The van der Waals surface area contributed by atoms with E-state index in [0.717, 1.165) is 18.7 Å². The van der Waals surface area contributed by atoms with Crippen LogP contribution in [-0.4, -0.2) is 13.1 Å². The summed E-state index contributed by atoms with van der Waals surface area (Å²) in [5.74, 6) is 1.21. The average Bonchev–Trinajstić information content (AvgIpc) is 1.97. The lowest BCUT2D eigenvalue weighted by atomic mass is 10.0. The van der Waals surface area contributed by atoms with E-state index in [-0.39, 0.29) is 0 Å². The first-order chi connectivity index (χ1) is 5.22. The highest BCUT2D eigenvalue weighted by molar-refractivity contribution is 5.28. The minimum Gasteiger partial charge on any atom is -0.324 e. The number of rotatable bonds is 6. The van der Waals surface area contributed by atoms with Gasteiger partial charge in [-0.15, -0.1) is 5.92 Å². The highest BCUT2D eigenvalue weighted by Crippen LogP contribution is 2.09. The van der Waals surface area contributed by atoms with Crippen molar-refractivity contribution in [3.63, 3.8) is 0 Å². The van der Waals surface area contributed by atoms with Crippen LogP contribution >= 0.6 is 0 Å². The maximum absolute atomic E-state index is 3.86. The molecule has 0 bridgehead atoms. The third-order valence-corrected chi connectivity index (χ3v) is 1.54. The monoisotopic (exact) mass is 152 g/mol. The van der Waals surface area contributed by atoms with E-state index in [9.17, 15) is 0 Å². The van der Waals surface area contributed by atoms with Crippen LogP contribution in [0.4, 0.5) is 0 Å². The van der Waals surface area contributed by atoms with Crippen molar-refractivity contribution >= 4 is 0 Å². The van der Waals surface area contributed by atoms with Crippen LogP contribution in [0, 0.1) is 5.92 Å². The van der Waals surface area contributed by atoms with Gasteiger partial charge in [0, 0.05) is 0 Å². The van der Waals surface area contributed by atoms with E-state index in [1.54, 1.807) is 0 Å². The fourth-order valence-electron chi connectivity index (χ4n) is 0.797. The first-order valence-corrected chi connectivity index (χ1v) is 4.07. The minimum atomic E-state index is 0.896. The fourth-order valence-corrected chi connectivity index (χ4v) is 0.797. The molecule has 0 rings (SSSR count). The molecule has 0 aromatic carbocycles. The zero-order valence-corrected chi connectivity index (χ0v) is 7.61. The molecular formula is C10H18N-. The molecular weight excluding hydrogens is 134 g/mol. The van der Waals surface area contributed by atoms with Crippen molar-refractivity contribution in [3.05, 3.63) is 30.7 Å². The molecule has 0 radical (unpaired) electrons. The smallest absolute Gasteiger partial charge is 0.00592 e. The van der Waals surface area contributed by atoms with Gasteiger partial charge in [-0.25, -0.2) is 0 Å². The van der Waals surface area contributed by atoms with Crippen molar-refractivity contribution in [1.29, 1.82) is 0 Å². The average molecular weight is 152 g/mol. The lowest BCUT2D eigenvalue weighted by Crippen LogP contribution is -2.21. The van der Waals surface area contributed by atoms with Gasteiger partial charge in [0.25, 0.3) is 0 Å². The molecule has 0 aliphatic heterocycles. The second kappa shape index (κ2) is 6.05. The second-order valence-corrected chi connectivity index (χ2v) is 2.69. The second-order valence-electron chi connectivity index (χ2n) is 2.69. The lowest BCUT2D eigenvalue weighted by molar-refractivity contribution is 0.697. The lowest BCUT2D eigenvalue weighted by Gasteiger charge is -2.19. The Labute approximate surface area is 70.2 Å². The Bertz CT molecular complexity index is 127. The van der Waals surface area contributed by atoms with Crippen molar-refractivity contribution in [3.8, 4) is 0 Å². The van der Waals surface area contributed by atoms with E-state index in [1.165, 1.54) is 12.3 Å². The molecule has 64 valence electrons. The van der Waals surface area contributed by atoms with E-state index >= 15 is 0 Å². The summed E-state index contributed by atoms with van der Waals surface area (Å²) >= 11 is 0. The van der Waals surface area contributed by atoms with E-state index in [0.29, 0.717) is 0 Å². The van der Waals surface area contributed by atoms with Crippen molar-refractivity contribution in [1.82, 2.24) is 5.32 Å². The molecule has 0 unspecified atom stereocenters. The number of nitrogens with one attached hydrogen (secondary N) is 1. The van der Waals surface area contributed by atoms with Gasteiger partial charge in [-0.2, -0.15) is 24.8 Å². The van der Waals surface area contributed by atoms with Gasteiger partial charge in [-0.3, -0.25) is 0 Å². The van der Waals surface area contributed by atoms with Crippen LogP contribution in [-0.2, 0) is 0 Å². The van der Waals surface area contributed by atoms with Crippen molar-refractivity contribution in [2.45, 2.75) is 20.3 Å². The summed E-state index contributed by atoms with van der Waals surface area (Å²) < 4.78 is 0. The minimum absolute atomic E-state index is 0.896.